The number of hydrogen-bond acceptors (Lipinski definition) is 3. The van der Waals surface area contributed by atoms with Crippen molar-refractivity contribution < 1.29 is 13.3 Å². The zero-order valence-corrected chi connectivity index (χ0v) is 5.33. The highest BCUT2D eigenvalue weighted by Crippen LogP contribution is 2.31. The van der Waals surface area contributed by atoms with Crippen LogP contribution in [0.1, 0.15) is 0 Å². The number of rotatable bonds is 1. The Hall–Kier alpha value is 0.380. The molecular formula is CH7NO3S2. The highest BCUT2D eigenvalue weighted by atomic mass is 33.2. The summed E-state index contributed by atoms with van der Waals surface area (Å²) in [7, 11) is -4.98. The van der Waals surface area contributed by atoms with E-state index >= 15 is 0 Å². The van der Waals surface area contributed by atoms with Crippen LogP contribution in [0.2, 0.25) is 0 Å². The van der Waals surface area contributed by atoms with E-state index in [1.54, 1.807) is 0 Å². The first-order chi connectivity index (χ1) is 2.94. The second kappa shape index (κ2) is 2.10. The fourth-order valence-corrected chi connectivity index (χ4v) is 0. The molecule has 0 rings (SSSR count). The molecule has 2 atom stereocenters. The molecule has 0 aromatic heterocycles. The van der Waals surface area contributed by atoms with Gasteiger partial charge in [0.2, 0.25) is 10.1 Å². The molecule has 0 spiro atoms. The van der Waals surface area contributed by atoms with Crippen LogP contribution in [0.4, 0.5) is 0 Å². The van der Waals surface area contributed by atoms with Crippen LogP contribution >= 0.6 is 9.53 Å². The van der Waals surface area contributed by atoms with E-state index in [-0.39, 0.29) is 0 Å². The van der Waals surface area contributed by atoms with Gasteiger partial charge in [0.05, 0.1) is 0 Å². The van der Waals surface area contributed by atoms with Gasteiger partial charge >= 0.3 is 0 Å². The van der Waals surface area contributed by atoms with E-state index in [9.17, 15) is 4.21 Å². The van der Waals surface area contributed by atoms with Gasteiger partial charge in [-0.1, -0.05) is 0 Å². The Morgan fingerprint density at radius 3 is 2.00 bits per heavy atom. The summed E-state index contributed by atoms with van der Waals surface area (Å²) < 4.78 is 26.2. The molecular weight excluding hydrogens is 138 g/mol. The summed E-state index contributed by atoms with van der Waals surface area (Å²) >= 11 is 0. The Morgan fingerprint density at radius 1 is 1.86 bits per heavy atom. The molecule has 2 unspecified atom stereocenters. The molecule has 0 fully saturated rings. The highest BCUT2D eigenvalue weighted by molar-refractivity contribution is 8.82. The molecule has 46 valence electrons. The van der Waals surface area contributed by atoms with Crippen molar-refractivity contribution in [2.75, 3.05) is 6.26 Å². The van der Waals surface area contributed by atoms with Crippen LogP contribution in [0, 0.1) is 0 Å². The highest BCUT2D eigenvalue weighted by Gasteiger charge is 2.12. The molecule has 4 nitrogen and oxygen atoms in total. The largest absolute Gasteiger partial charge is 0.325 e. The van der Waals surface area contributed by atoms with Gasteiger partial charge in [0.25, 0.3) is 0 Å². The van der Waals surface area contributed by atoms with E-state index in [2.05, 4.69) is 0 Å². The molecule has 0 aromatic carbocycles. The van der Waals surface area contributed by atoms with Crippen molar-refractivity contribution in [3.05, 3.63) is 0 Å². The van der Waals surface area contributed by atoms with Gasteiger partial charge in [0.1, 0.15) is 0 Å². The second-order valence-corrected chi connectivity index (χ2v) is 6.11. The lowest BCUT2D eigenvalue weighted by molar-refractivity contribution is 0.569. The molecule has 0 amide bonds. The molecule has 0 saturated heterocycles. The third kappa shape index (κ3) is 3.01. The number of nitrogens with two attached hydrogens (primary N) is 1. The van der Waals surface area contributed by atoms with E-state index < -0.39 is 19.6 Å². The average Bonchev–Trinajstić information content (AvgIpc) is 1.31. The van der Waals surface area contributed by atoms with Crippen LogP contribution in [0.5, 0.6) is 0 Å². The van der Waals surface area contributed by atoms with E-state index in [0.29, 0.717) is 0 Å². The van der Waals surface area contributed by atoms with Crippen molar-refractivity contribution in [2.45, 2.75) is 0 Å². The summed E-state index contributed by atoms with van der Waals surface area (Å²) in [6.45, 7) is 0. The monoisotopic (exact) mass is 145 g/mol. The van der Waals surface area contributed by atoms with Gasteiger partial charge in [-0.05, 0) is 0 Å². The number of hydrogen-bond donors (Lipinski definition) is 3. The zero-order valence-electron chi connectivity index (χ0n) is 3.70. The summed E-state index contributed by atoms with van der Waals surface area (Å²) in [5, 5.41) is 4.77. The van der Waals surface area contributed by atoms with Gasteiger partial charge in [-0.2, -0.15) is 0 Å². The van der Waals surface area contributed by atoms with Crippen molar-refractivity contribution in [3.8, 4) is 0 Å². The molecule has 0 aliphatic carbocycles. The maximum absolute atomic E-state index is 9.79. The first-order valence-electron chi connectivity index (χ1n) is 1.34. The average molecular weight is 145 g/mol. The molecule has 0 aromatic rings. The van der Waals surface area contributed by atoms with Crippen LogP contribution in [0.25, 0.3) is 0 Å². The van der Waals surface area contributed by atoms with Crippen molar-refractivity contribution in [1.29, 1.82) is 0 Å². The van der Waals surface area contributed by atoms with Crippen LogP contribution in [0.3, 0.4) is 0 Å². The van der Waals surface area contributed by atoms with E-state index in [1.165, 1.54) is 0 Å². The topological polar surface area (TPSA) is 83.5 Å². The molecule has 7 heavy (non-hydrogen) atoms. The minimum atomic E-state index is -2.71. The van der Waals surface area contributed by atoms with Gasteiger partial charge < -0.3 is 4.55 Å². The maximum Gasteiger partial charge on any atom is 0.233 e. The zero-order chi connectivity index (χ0) is 6.08. The Balaban J connectivity index is 3.79. The van der Waals surface area contributed by atoms with Gasteiger partial charge in [-0.3, -0.25) is 9.69 Å². The Bertz CT molecular complexity index is 85.4. The Kier molecular flexibility index (Phi) is 2.21. The Labute approximate surface area is 45.1 Å². The summed E-state index contributed by atoms with van der Waals surface area (Å²) in [6, 6.07) is 0. The molecule has 0 aliphatic heterocycles. The minimum Gasteiger partial charge on any atom is -0.325 e. The van der Waals surface area contributed by atoms with Crippen LogP contribution in [0.15, 0.2) is 0 Å². The lowest BCUT2D eigenvalue weighted by atomic mass is 12.0. The van der Waals surface area contributed by atoms with E-state index in [4.69, 9.17) is 14.2 Å². The first kappa shape index (κ1) is 7.38. The molecule has 0 saturated carbocycles. The summed E-state index contributed by atoms with van der Waals surface area (Å²) in [6.07, 6.45) is 1.13. The third-order valence-electron chi connectivity index (χ3n) is 0.289. The van der Waals surface area contributed by atoms with Gasteiger partial charge in [-0.25, -0.2) is 4.21 Å². The fourth-order valence-electron chi connectivity index (χ4n) is 0. The molecule has 6 heteroatoms. The Morgan fingerprint density at radius 2 is 2.00 bits per heavy atom. The van der Waals surface area contributed by atoms with Gasteiger partial charge in [0.15, 0.2) is 0 Å². The summed E-state index contributed by atoms with van der Waals surface area (Å²) in [4.78, 5) is 0. The third-order valence-corrected chi connectivity index (χ3v) is 2.60. The molecule has 0 bridgehead atoms. The summed E-state index contributed by atoms with van der Waals surface area (Å²) in [5.74, 6) is 0. The van der Waals surface area contributed by atoms with Crippen molar-refractivity contribution in [1.82, 2.24) is 0 Å². The minimum absolute atomic E-state index is 1.13. The fraction of sp³-hybridized carbons (Fsp3) is 1.00. The van der Waals surface area contributed by atoms with E-state index in [1.807, 2.05) is 0 Å². The van der Waals surface area contributed by atoms with E-state index in [0.717, 1.165) is 6.26 Å². The smallest absolute Gasteiger partial charge is 0.233 e. The lowest BCUT2D eigenvalue weighted by Gasteiger charge is -2.15. The predicted octanol–water partition coefficient (Wildman–Crippen LogP) is -0.0958. The van der Waals surface area contributed by atoms with Gasteiger partial charge in [0, 0.05) is 15.8 Å². The quantitative estimate of drug-likeness (QED) is 0.355. The molecule has 4 N–H and O–H groups in total. The second-order valence-electron chi connectivity index (χ2n) is 1.08. The van der Waals surface area contributed by atoms with Crippen LogP contribution < -0.4 is 5.14 Å². The molecule has 0 radical (unpaired) electrons. The SMILES string of the molecule is CS(N)(O)S(=O)O. The first-order valence-corrected chi connectivity index (χ1v) is 5.03. The van der Waals surface area contributed by atoms with Crippen molar-refractivity contribution >= 4 is 19.6 Å². The standard InChI is InChI=1S/CH7NO3S2/c1-7(2,5)6(3)4/h5H,2H2,1H3,(H,3,4). The van der Waals surface area contributed by atoms with Gasteiger partial charge in [-0.15, -0.1) is 0 Å². The summed E-state index contributed by atoms with van der Waals surface area (Å²) in [5.41, 5.74) is 0. The van der Waals surface area contributed by atoms with Crippen LogP contribution in [-0.4, -0.2) is 19.6 Å². The van der Waals surface area contributed by atoms with Crippen molar-refractivity contribution in [3.63, 3.8) is 0 Å². The maximum atomic E-state index is 9.79. The normalized spacial score (nSPS) is 28.0. The van der Waals surface area contributed by atoms with Crippen molar-refractivity contribution in [2.24, 2.45) is 5.14 Å². The predicted molar refractivity (Wildman–Crippen MR) is 31.1 cm³/mol. The lowest BCUT2D eigenvalue weighted by Crippen LogP contribution is -2.11. The van der Waals surface area contributed by atoms with Crippen LogP contribution in [-0.2, 0) is 10.1 Å². The molecule has 0 heterocycles. The molecule has 0 aliphatic rings.